The van der Waals surface area contributed by atoms with Crippen LogP contribution >= 0.6 is 0 Å². The number of carbonyl (C=O) groups is 1. The third kappa shape index (κ3) is 1.49. The van der Waals surface area contributed by atoms with Gasteiger partial charge in [-0.05, 0) is 17.7 Å². The largest absolute Gasteiger partial charge is 0.336 e. The number of amides is 2. The molecule has 1 saturated heterocycles. The first-order chi connectivity index (χ1) is 8.15. The molecule has 2 amide bonds. The summed E-state index contributed by atoms with van der Waals surface area (Å²) in [5.41, 5.74) is 2.33. The molecule has 3 N–H and O–H groups in total. The summed E-state index contributed by atoms with van der Waals surface area (Å²) in [6.45, 7) is 0.593. The standard InChI is InChI=1S/C11H12N4O2/c1-15-9(5-12-11(15)17)6-2-3-7-8(4-6)14-10(16)13-7/h2-4,9H,5H2,1H3,(H,12,17)(H2,13,14,16). The second-order valence-electron chi connectivity index (χ2n) is 4.20. The number of fused-ring (bicyclic) bond motifs is 1. The van der Waals surface area contributed by atoms with Crippen LogP contribution in [0.5, 0.6) is 0 Å². The minimum Gasteiger partial charge on any atom is -0.336 e. The minimum absolute atomic E-state index is 0.0188. The number of hydrogen-bond donors (Lipinski definition) is 3. The second-order valence-corrected chi connectivity index (χ2v) is 4.20. The van der Waals surface area contributed by atoms with Crippen molar-refractivity contribution in [3.8, 4) is 0 Å². The van der Waals surface area contributed by atoms with E-state index >= 15 is 0 Å². The van der Waals surface area contributed by atoms with Crippen molar-refractivity contribution >= 4 is 17.1 Å². The summed E-state index contributed by atoms with van der Waals surface area (Å²) in [7, 11) is 1.76. The fourth-order valence-electron chi connectivity index (χ4n) is 2.19. The molecule has 88 valence electrons. The van der Waals surface area contributed by atoms with Gasteiger partial charge in [-0.1, -0.05) is 6.07 Å². The van der Waals surface area contributed by atoms with Crippen LogP contribution in [-0.2, 0) is 0 Å². The number of imidazole rings is 1. The Kier molecular flexibility index (Phi) is 1.98. The number of likely N-dealkylation sites (N-methyl/N-ethyl adjacent to an activating group) is 1. The van der Waals surface area contributed by atoms with Crippen molar-refractivity contribution in [2.24, 2.45) is 0 Å². The normalized spacial score (nSPS) is 19.9. The van der Waals surface area contributed by atoms with Crippen LogP contribution in [0.25, 0.3) is 11.0 Å². The Balaban J connectivity index is 2.06. The van der Waals surface area contributed by atoms with Crippen molar-refractivity contribution in [2.45, 2.75) is 6.04 Å². The molecule has 0 radical (unpaired) electrons. The zero-order valence-corrected chi connectivity index (χ0v) is 9.28. The first kappa shape index (κ1) is 9.95. The molecule has 2 heterocycles. The number of rotatable bonds is 1. The lowest BCUT2D eigenvalue weighted by molar-refractivity contribution is 0.217. The molecule has 0 spiro atoms. The van der Waals surface area contributed by atoms with Crippen molar-refractivity contribution in [2.75, 3.05) is 13.6 Å². The SMILES string of the molecule is CN1C(=O)NCC1c1ccc2[nH]c(=O)[nH]c2c1. The van der Waals surface area contributed by atoms with E-state index in [1.54, 1.807) is 11.9 Å². The van der Waals surface area contributed by atoms with E-state index in [9.17, 15) is 9.59 Å². The summed E-state index contributed by atoms with van der Waals surface area (Å²) in [6, 6.07) is 5.62. The maximum atomic E-state index is 11.4. The van der Waals surface area contributed by atoms with Gasteiger partial charge in [-0.25, -0.2) is 9.59 Å². The van der Waals surface area contributed by atoms with Gasteiger partial charge in [0.05, 0.1) is 17.1 Å². The lowest BCUT2D eigenvalue weighted by Gasteiger charge is -2.17. The monoisotopic (exact) mass is 232 g/mol. The van der Waals surface area contributed by atoms with Gasteiger partial charge >= 0.3 is 11.7 Å². The first-order valence-electron chi connectivity index (χ1n) is 5.38. The van der Waals surface area contributed by atoms with Gasteiger partial charge in [0.15, 0.2) is 0 Å². The molecule has 1 unspecified atom stereocenters. The zero-order valence-electron chi connectivity index (χ0n) is 9.28. The van der Waals surface area contributed by atoms with Gasteiger partial charge in [0.25, 0.3) is 0 Å². The van der Waals surface area contributed by atoms with Crippen LogP contribution in [0.2, 0.25) is 0 Å². The highest BCUT2D eigenvalue weighted by Crippen LogP contribution is 2.24. The summed E-state index contributed by atoms with van der Waals surface area (Å²) < 4.78 is 0. The highest BCUT2D eigenvalue weighted by Gasteiger charge is 2.28. The summed E-state index contributed by atoms with van der Waals surface area (Å²) >= 11 is 0. The van der Waals surface area contributed by atoms with E-state index in [2.05, 4.69) is 15.3 Å². The number of H-pyrrole nitrogens is 2. The Morgan fingerprint density at radius 3 is 2.71 bits per heavy atom. The quantitative estimate of drug-likeness (QED) is 0.671. The molecule has 1 atom stereocenters. The van der Waals surface area contributed by atoms with Gasteiger partial charge in [-0.3, -0.25) is 0 Å². The van der Waals surface area contributed by atoms with Crippen molar-refractivity contribution < 1.29 is 4.79 Å². The van der Waals surface area contributed by atoms with Crippen LogP contribution in [0.3, 0.4) is 0 Å². The van der Waals surface area contributed by atoms with Crippen molar-refractivity contribution in [3.63, 3.8) is 0 Å². The minimum atomic E-state index is -0.217. The average molecular weight is 232 g/mol. The number of urea groups is 1. The number of carbonyl (C=O) groups excluding carboxylic acids is 1. The smallest absolute Gasteiger partial charge is 0.323 e. The zero-order chi connectivity index (χ0) is 12.0. The first-order valence-corrected chi connectivity index (χ1v) is 5.38. The lowest BCUT2D eigenvalue weighted by Crippen LogP contribution is -2.25. The van der Waals surface area contributed by atoms with E-state index in [-0.39, 0.29) is 17.8 Å². The lowest BCUT2D eigenvalue weighted by atomic mass is 10.1. The number of benzene rings is 1. The van der Waals surface area contributed by atoms with E-state index in [0.29, 0.717) is 6.54 Å². The van der Waals surface area contributed by atoms with Crippen molar-refractivity contribution in [3.05, 3.63) is 34.2 Å². The molecule has 0 aliphatic carbocycles. The molecule has 0 saturated carbocycles. The van der Waals surface area contributed by atoms with Crippen LogP contribution in [0, 0.1) is 0 Å². The fourth-order valence-corrected chi connectivity index (χ4v) is 2.19. The van der Waals surface area contributed by atoms with Crippen LogP contribution < -0.4 is 11.0 Å². The van der Waals surface area contributed by atoms with E-state index < -0.39 is 0 Å². The molecule has 1 aliphatic heterocycles. The molecule has 0 bridgehead atoms. The number of nitrogens with zero attached hydrogens (tertiary/aromatic N) is 1. The van der Waals surface area contributed by atoms with E-state index in [1.165, 1.54) is 0 Å². The van der Waals surface area contributed by atoms with E-state index in [4.69, 9.17) is 0 Å². The number of aromatic amines is 2. The molecule has 3 rings (SSSR count). The van der Waals surface area contributed by atoms with Gasteiger partial charge in [-0.2, -0.15) is 0 Å². The topological polar surface area (TPSA) is 81.0 Å². The maximum Gasteiger partial charge on any atom is 0.323 e. The number of aromatic nitrogens is 2. The van der Waals surface area contributed by atoms with Gasteiger partial charge in [-0.15, -0.1) is 0 Å². The van der Waals surface area contributed by atoms with Gasteiger partial charge in [0.2, 0.25) is 0 Å². The molecule has 1 aromatic heterocycles. The predicted molar refractivity (Wildman–Crippen MR) is 62.8 cm³/mol. The Bertz CT molecular complexity index is 642. The number of nitrogens with one attached hydrogen (secondary N) is 3. The fraction of sp³-hybridized carbons (Fsp3) is 0.273. The molecule has 1 aromatic carbocycles. The molecule has 6 heteroatoms. The molecule has 17 heavy (non-hydrogen) atoms. The highest BCUT2D eigenvalue weighted by molar-refractivity contribution is 5.78. The van der Waals surface area contributed by atoms with E-state index in [0.717, 1.165) is 16.6 Å². The average Bonchev–Trinajstić information content (AvgIpc) is 2.81. The predicted octanol–water partition coefficient (Wildman–Crippen LogP) is 0.552. The summed E-state index contributed by atoms with van der Waals surface area (Å²) in [6.07, 6.45) is 0. The molecule has 2 aromatic rings. The Morgan fingerprint density at radius 2 is 2.00 bits per heavy atom. The van der Waals surface area contributed by atoms with Crippen molar-refractivity contribution in [1.29, 1.82) is 0 Å². The highest BCUT2D eigenvalue weighted by atomic mass is 16.2. The van der Waals surface area contributed by atoms with Gasteiger partial charge in [0, 0.05) is 13.6 Å². The maximum absolute atomic E-state index is 11.4. The molecular weight excluding hydrogens is 220 g/mol. The molecular formula is C11H12N4O2. The van der Waals surface area contributed by atoms with Crippen LogP contribution in [0.15, 0.2) is 23.0 Å². The Morgan fingerprint density at radius 1 is 1.24 bits per heavy atom. The van der Waals surface area contributed by atoms with Crippen molar-refractivity contribution in [1.82, 2.24) is 20.2 Å². The molecule has 1 fully saturated rings. The van der Waals surface area contributed by atoms with E-state index in [1.807, 2.05) is 18.2 Å². The summed E-state index contributed by atoms with van der Waals surface area (Å²) in [5, 5.41) is 2.78. The Hall–Kier alpha value is -2.24. The van der Waals surface area contributed by atoms with Gasteiger partial charge < -0.3 is 20.2 Å². The third-order valence-corrected chi connectivity index (χ3v) is 3.16. The van der Waals surface area contributed by atoms with Crippen LogP contribution in [0.4, 0.5) is 4.79 Å². The van der Waals surface area contributed by atoms with Gasteiger partial charge in [0.1, 0.15) is 0 Å². The second kappa shape index (κ2) is 3.38. The third-order valence-electron chi connectivity index (χ3n) is 3.16. The van der Waals surface area contributed by atoms with Crippen LogP contribution in [-0.4, -0.2) is 34.5 Å². The Labute approximate surface area is 96.6 Å². The summed E-state index contributed by atoms with van der Waals surface area (Å²) in [5.74, 6) is 0. The van der Waals surface area contributed by atoms with Crippen LogP contribution in [0.1, 0.15) is 11.6 Å². The summed E-state index contributed by atoms with van der Waals surface area (Å²) in [4.78, 5) is 29.6. The molecule has 1 aliphatic rings. The number of hydrogen-bond acceptors (Lipinski definition) is 2. The molecule has 6 nitrogen and oxygen atoms in total.